The van der Waals surface area contributed by atoms with Crippen molar-refractivity contribution in [2.45, 2.75) is 19.4 Å². The molecular formula is C30H36FN5O3. The predicted molar refractivity (Wildman–Crippen MR) is 151 cm³/mol. The molecule has 1 saturated heterocycles. The number of benzene rings is 3. The van der Waals surface area contributed by atoms with Gasteiger partial charge in [-0.1, -0.05) is 36.4 Å². The number of morpholine rings is 1. The number of halogens is 1. The highest BCUT2D eigenvalue weighted by molar-refractivity contribution is 6.05. The van der Waals surface area contributed by atoms with Gasteiger partial charge in [-0.25, -0.2) is 9.18 Å². The van der Waals surface area contributed by atoms with Gasteiger partial charge < -0.3 is 26.0 Å². The second kappa shape index (κ2) is 14.3. The van der Waals surface area contributed by atoms with Gasteiger partial charge in [-0.15, -0.1) is 0 Å². The number of amides is 3. The lowest BCUT2D eigenvalue weighted by Crippen LogP contribution is -2.42. The van der Waals surface area contributed by atoms with E-state index in [9.17, 15) is 14.0 Å². The summed E-state index contributed by atoms with van der Waals surface area (Å²) in [6.45, 7) is 5.64. The molecule has 206 valence electrons. The Labute approximate surface area is 228 Å². The van der Waals surface area contributed by atoms with Crippen LogP contribution in [0, 0.1) is 5.82 Å². The monoisotopic (exact) mass is 533 g/mol. The Bertz CT molecular complexity index is 1210. The minimum absolute atomic E-state index is 0.152. The highest BCUT2D eigenvalue weighted by atomic mass is 19.1. The van der Waals surface area contributed by atoms with E-state index in [1.165, 1.54) is 12.1 Å². The van der Waals surface area contributed by atoms with Gasteiger partial charge in [0, 0.05) is 44.8 Å². The van der Waals surface area contributed by atoms with E-state index in [1.807, 2.05) is 24.3 Å². The van der Waals surface area contributed by atoms with Crippen molar-refractivity contribution in [1.29, 1.82) is 0 Å². The fourth-order valence-electron chi connectivity index (χ4n) is 4.43. The molecule has 0 aromatic heterocycles. The first-order chi connectivity index (χ1) is 19.0. The maximum atomic E-state index is 13.2. The molecule has 4 rings (SSSR count). The average Bonchev–Trinajstić information content (AvgIpc) is 2.95. The number of nitrogen functional groups attached to an aromatic ring is 1. The van der Waals surface area contributed by atoms with Crippen LogP contribution < -0.4 is 16.4 Å². The van der Waals surface area contributed by atoms with Gasteiger partial charge in [0.15, 0.2) is 0 Å². The van der Waals surface area contributed by atoms with E-state index < -0.39 is 0 Å². The van der Waals surface area contributed by atoms with Gasteiger partial charge in [0.05, 0.1) is 24.6 Å². The zero-order valence-corrected chi connectivity index (χ0v) is 22.1. The molecule has 3 aromatic carbocycles. The zero-order chi connectivity index (χ0) is 27.5. The molecule has 9 heteroatoms. The predicted octanol–water partition coefficient (Wildman–Crippen LogP) is 4.14. The smallest absolute Gasteiger partial charge is 0.317 e. The number of nitrogens with two attached hydrogens (primary N) is 1. The highest BCUT2D eigenvalue weighted by Crippen LogP contribution is 2.18. The molecule has 0 aliphatic carbocycles. The molecule has 0 unspecified atom stereocenters. The third-order valence-corrected chi connectivity index (χ3v) is 6.69. The van der Waals surface area contributed by atoms with E-state index in [0.717, 1.165) is 50.4 Å². The number of urea groups is 1. The minimum atomic E-state index is -0.276. The number of anilines is 2. The molecule has 1 aliphatic rings. The first-order valence-corrected chi connectivity index (χ1v) is 13.3. The largest absolute Gasteiger partial charge is 0.397 e. The summed E-state index contributed by atoms with van der Waals surface area (Å²) in [5, 5.41) is 5.83. The van der Waals surface area contributed by atoms with Crippen molar-refractivity contribution >= 4 is 23.3 Å². The van der Waals surface area contributed by atoms with Gasteiger partial charge in [0.2, 0.25) is 0 Å². The molecular weight excluding hydrogens is 497 g/mol. The van der Waals surface area contributed by atoms with Crippen LogP contribution in [0.2, 0.25) is 0 Å². The van der Waals surface area contributed by atoms with Crippen LogP contribution in [0.5, 0.6) is 0 Å². The molecule has 1 heterocycles. The molecule has 0 bridgehead atoms. The maximum Gasteiger partial charge on any atom is 0.317 e. The van der Waals surface area contributed by atoms with Gasteiger partial charge in [-0.3, -0.25) is 9.69 Å². The Balaban J connectivity index is 1.34. The van der Waals surface area contributed by atoms with Crippen molar-refractivity contribution in [1.82, 2.24) is 15.1 Å². The molecule has 0 atom stereocenters. The average molecular weight is 534 g/mol. The molecule has 3 aromatic rings. The van der Waals surface area contributed by atoms with E-state index in [-0.39, 0.29) is 17.8 Å². The summed E-state index contributed by atoms with van der Waals surface area (Å²) in [5.74, 6) is -0.526. The van der Waals surface area contributed by atoms with Crippen LogP contribution in [0.25, 0.3) is 0 Å². The number of ether oxygens (including phenoxy) is 1. The van der Waals surface area contributed by atoms with E-state index in [2.05, 4.69) is 15.5 Å². The molecule has 1 fully saturated rings. The summed E-state index contributed by atoms with van der Waals surface area (Å²) >= 11 is 0. The van der Waals surface area contributed by atoms with Crippen LogP contribution in [0.15, 0.2) is 72.8 Å². The SMILES string of the molecule is Nc1ccccc1NC(=O)c1ccc(CN(CCCN2CCOCC2)C(=O)NCCc2ccc(F)cc2)cc1. The summed E-state index contributed by atoms with van der Waals surface area (Å²) in [6.07, 6.45) is 1.45. The molecule has 3 amide bonds. The second-order valence-electron chi connectivity index (χ2n) is 9.58. The van der Waals surface area contributed by atoms with Crippen LogP contribution in [-0.4, -0.2) is 67.7 Å². The normalized spacial score (nSPS) is 13.6. The third kappa shape index (κ3) is 8.80. The fourth-order valence-corrected chi connectivity index (χ4v) is 4.43. The van der Waals surface area contributed by atoms with Gasteiger partial charge in [0.25, 0.3) is 5.91 Å². The maximum absolute atomic E-state index is 13.2. The third-order valence-electron chi connectivity index (χ3n) is 6.69. The standard InChI is InChI=1S/C30H36FN5O3/c31-26-12-8-23(9-13-26)14-15-33-30(38)36(17-3-16-35-18-20-39-21-19-35)22-24-6-10-25(11-7-24)29(37)34-28-5-2-1-4-27(28)32/h1-2,4-13H,3,14-22,32H2,(H,33,38)(H,34,37). The van der Waals surface area contributed by atoms with Crippen molar-refractivity contribution in [3.63, 3.8) is 0 Å². The Hall–Kier alpha value is -3.95. The van der Waals surface area contributed by atoms with Crippen molar-refractivity contribution in [2.24, 2.45) is 0 Å². The molecule has 0 spiro atoms. The molecule has 1 aliphatic heterocycles. The summed E-state index contributed by atoms with van der Waals surface area (Å²) in [6, 6.07) is 20.5. The van der Waals surface area contributed by atoms with Crippen LogP contribution >= 0.6 is 0 Å². The highest BCUT2D eigenvalue weighted by Gasteiger charge is 2.16. The van der Waals surface area contributed by atoms with E-state index in [0.29, 0.717) is 43.0 Å². The lowest BCUT2D eigenvalue weighted by Gasteiger charge is -2.28. The van der Waals surface area contributed by atoms with Crippen molar-refractivity contribution < 1.29 is 18.7 Å². The first kappa shape index (κ1) is 28.1. The number of carbonyl (C=O) groups excluding carboxylic acids is 2. The Morgan fingerprint density at radius 2 is 1.64 bits per heavy atom. The summed E-state index contributed by atoms with van der Waals surface area (Å²) < 4.78 is 18.6. The number of carbonyl (C=O) groups is 2. The van der Waals surface area contributed by atoms with Crippen LogP contribution in [0.4, 0.5) is 20.6 Å². The first-order valence-electron chi connectivity index (χ1n) is 13.3. The second-order valence-corrected chi connectivity index (χ2v) is 9.58. The topological polar surface area (TPSA) is 99.9 Å². The number of rotatable bonds is 11. The Morgan fingerprint density at radius 3 is 2.36 bits per heavy atom. The van der Waals surface area contributed by atoms with Gasteiger partial charge >= 0.3 is 6.03 Å². The lowest BCUT2D eigenvalue weighted by atomic mass is 10.1. The minimum Gasteiger partial charge on any atom is -0.397 e. The van der Waals surface area contributed by atoms with Gasteiger partial charge in [-0.05, 0) is 60.4 Å². The summed E-state index contributed by atoms with van der Waals surface area (Å²) in [5.41, 5.74) is 9.38. The van der Waals surface area contributed by atoms with Crippen LogP contribution in [-0.2, 0) is 17.7 Å². The van der Waals surface area contributed by atoms with E-state index >= 15 is 0 Å². The number of hydrogen-bond acceptors (Lipinski definition) is 5. The van der Waals surface area contributed by atoms with Gasteiger partial charge in [0.1, 0.15) is 5.82 Å². The number of nitrogens with zero attached hydrogens (tertiary/aromatic N) is 2. The fraction of sp³-hybridized carbons (Fsp3) is 0.333. The molecule has 0 radical (unpaired) electrons. The van der Waals surface area contributed by atoms with Crippen molar-refractivity contribution in [3.05, 3.63) is 95.3 Å². The van der Waals surface area contributed by atoms with E-state index in [4.69, 9.17) is 10.5 Å². The number of para-hydroxylation sites is 2. The van der Waals surface area contributed by atoms with Crippen LogP contribution in [0.1, 0.15) is 27.9 Å². The van der Waals surface area contributed by atoms with Crippen molar-refractivity contribution in [2.75, 3.05) is 57.0 Å². The summed E-state index contributed by atoms with van der Waals surface area (Å²) in [7, 11) is 0. The lowest BCUT2D eigenvalue weighted by molar-refractivity contribution is 0.0364. The van der Waals surface area contributed by atoms with Crippen molar-refractivity contribution in [3.8, 4) is 0 Å². The molecule has 8 nitrogen and oxygen atoms in total. The quantitative estimate of drug-likeness (QED) is 0.322. The number of nitrogens with one attached hydrogen (secondary N) is 2. The molecule has 39 heavy (non-hydrogen) atoms. The molecule has 4 N–H and O–H groups in total. The Kier molecular flexibility index (Phi) is 10.3. The van der Waals surface area contributed by atoms with Crippen LogP contribution in [0.3, 0.4) is 0 Å². The zero-order valence-electron chi connectivity index (χ0n) is 22.1. The summed E-state index contributed by atoms with van der Waals surface area (Å²) in [4.78, 5) is 30.0. The van der Waals surface area contributed by atoms with Gasteiger partial charge in [-0.2, -0.15) is 0 Å². The molecule has 0 saturated carbocycles. The number of hydrogen-bond donors (Lipinski definition) is 3. The van der Waals surface area contributed by atoms with E-state index in [1.54, 1.807) is 41.3 Å². The Morgan fingerprint density at radius 1 is 0.949 bits per heavy atom.